The molecule has 1 aromatic carbocycles. The Hall–Kier alpha value is -2.57. The highest BCUT2D eigenvalue weighted by molar-refractivity contribution is 5.89. The second-order valence-electron chi connectivity index (χ2n) is 5.29. The zero-order valence-electron chi connectivity index (χ0n) is 13.1. The Morgan fingerprint density at radius 3 is 2.30 bits per heavy atom. The molecule has 1 unspecified atom stereocenters. The number of carbonyl (C=O) groups is 3. The van der Waals surface area contributed by atoms with Gasteiger partial charge in [0.25, 0.3) is 0 Å². The van der Waals surface area contributed by atoms with Gasteiger partial charge in [0, 0.05) is 6.42 Å². The van der Waals surface area contributed by atoms with Crippen molar-refractivity contribution in [2.45, 2.75) is 44.7 Å². The van der Waals surface area contributed by atoms with Gasteiger partial charge in [-0.2, -0.15) is 0 Å². The molecule has 0 heterocycles. The van der Waals surface area contributed by atoms with Crippen LogP contribution in [0.5, 0.6) is 0 Å². The SMILES string of the molecule is CCCCC(NC(N)=O)C(=O)N[C@H](Cc1ccccc1)C(=O)O. The van der Waals surface area contributed by atoms with Crippen LogP contribution in [0.3, 0.4) is 0 Å². The van der Waals surface area contributed by atoms with Crippen molar-refractivity contribution in [1.82, 2.24) is 10.6 Å². The summed E-state index contributed by atoms with van der Waals surface area (Å²) in [4.78, 5) is 34.6. The number of hydrogen-bond acceptors (Lipinski definition) is 3. The standard InChI is InChI=1S/C16H23N3O4/c1-2-3-9-12(19-16(17)23)14(20)18-13(15(21)22)10-11-7-5-4-6-8-11/h4-8,12-13H,2-3,9-10H2,1H3,(H,18,20)(H,21,22)(H3,17,19,23)/t12?,13-/m1/s1. The third-order valence-electron chi connectivity index (χ3n) is 3.38. The summed E-state index contributed by atoms with van der Waals surface area (Å²) in [7, 11) is 0. The molecule has 7 heteroatoms. The van der Waals surface area contributed by atoms with Crippen LogP contribution in [0.15, 0.2) is 30.3 Å². The highest BCUT2D eigenvalue weighted by Crippen LogP contribution is 2.06. The molecule has 0 bridgehead atoms. The van der Waals surface area contributed by atoms with Crippen molar-refractivity contribution in [2.24, 2.45) is 5.73 Å². The van der Waals surface area contributed by atoms with Gasteiger partial charge in [0.1, 0.15) is 12.1 Å². The molecule has 23 heavy (non-hydrogen) atoms. The van der Waals surface area contributed by atoms with E-state index >= 15 is 0 Å². The molecule has 0 aliphatic heterocycles. The third-order valence-corrected chi connectivity index (χ3v) is 3.38. The average molecular weight is 321 g/mol. The van der Waals surface area contributed by atoms with Gasteiger partial charge < -0.3 is 21.5 Å². The summed E-state index contributed by atoms with van der Waals surface area (Å²) in [6, 6.07) is 6.31. The van der Waals surface area contributed by atoms with E-state index in [-0.39, 0.29) is 6.42 Å². The Morgan fingerprint density at radius 1 is 1.13 bits per heavy atom. The van der Waals surface area contributed by atoms with Crippen molar-refractivity contribution in [3.8, 4) is 0 Å². The minimum absolute atomic E-state index is 0.166. The zero-order valence-corrected chi connectivity index (χ0v) is 13.1. The maximum atomic E-state index is 12.2. The van der Waals surface area contributed by atoms with Crippen molar-refractivity contribution in [3.05, 3.63) is 35.9 Å². The largest absolute Gasteiger partial charge is 0.480 e. The van der Waals surface area contributed by atoms with Crippen molar-refractivity contribution in [3.63, 3.8) is 0 Å². The van der Waals surface area contributed by atoms with Gasteiger partial charge in [0.15, 0.2) is 0 Å². The first-order chi connectivity index (χ1) is 10.9. The Labute approximate surface area is 135 Å². The summed E-state index contributed by atoms with van der Waals surface area (Å²) >= 11 is 0. The number of amides is 3. The van der Waals surface area contributed by atoms with E-state index in [1.165, 1.54) is 0 Å². The number of aliphatic carboxylic acids is 1. The number of carbonyl (C=O) groups excluding carboxylic acids is 2. The fourth-order valence-corrected chi connectivity index (χ4v) is 2.17. The number of nitrogens with two attached hydrogens (primary N) is 1. The van der Waals surface area contributed by atoms with Gasteiger partial charge in [0.05, 0.1) is 0 Å². The molecule has 0 radical (unpaired) electrons. The topological polar surface area (TPSA) is 122 Å². The summed E-state index contributed by atoms with van der Waals surface area (Å²) in [6.07, 6.45) is 2.13. The minimum Gasteiger partial charge on any atom is -0.480 e. The van der Waals surface area contributed by atoms with Gasteiger partial charge in [-0.3, -0.25) is 4.79 Å². The summed E-state index contributed by atoms with van der Waals surface area (Å²) in [6.45, 7) is 1.95. The number of primary amides is 1. The molecular weight excluding hydrogens is 298 g/mol. The van der Waals surface area contributed by atoms with Crippen molar-refractivity contribution in [2.75, 3.05) is 0 Å². The Balaban J connectivity index is 2.74. The van der Waals surface area contributed by atoms with E-state index in [0.717, 1.165) is 18.4 Å². The van der Waals surface area contributed by atoms with Gasteiger partial charge in [-0.1, -0.05) is 50.1 Å². The Kier molecular flexibility index (Phi) is 7.59. The van der Waals surface area contributed by atoms with Crippen LogP contribution in [0.25, 0.3) is 0 Å². The molecule has 1 rings (SSSR count). The first kappa shape index (κ1) is 18.5. The average Bonchev–Trinajstić information content (AvgIpc) is 2.51. The minimum atomic E-state index is -1.13. The van der Waals surface area contributed by atoms with Gasteiger partial charge in [0.2, 0.25) is 5.91 Å². The van der Waals surface area contributed by atoms with Crippen LogP contribution in [-0.4, -0.2) is 35.1 Å². The van der Waals surface area contributed by atoms with Gasteiger partial charge in [-0.05, 0) is 12.0 Å². The molecule has 0 spiro atoms. The highest BCUT2D eigenvalue weighted by Gasteiger charge is 2.25. The van der Waals surface area contributed by atoms with Crippen LogP contribution in [0.2, 0.25) is 0 Å². The van der Waals surface area contributed by atoms with Crippen LogP contribution in [0, 0.1) is 0 Å². The quantitative estimate of drug-likeness (QED) is 0.542. The summed E-state index contributed by atoms with van der Waals surface area (Å²) in [5.74, 6) is -1.67. The van der Waals surface area contributed by atoms with Crippen molar-refractivity contribution in [1.29, 1.82) is 0 Å². The van der Waals surface area contributed by atoms with E-state index in [2.05, 4.69) is 10.6 Å². The predicted molar refractivity (Wildman–Crippen MR) is 85.7 cm³/mol. The monoisotopic (exact) mass is 321 g/mol. The molecule has 0 fully saturated rings. The molecule has 0 aliphatic rings. The first-order valence-corrected chi connectivity index (χ1v) is 7.57. The van der Waals surface area contributed by atoms with Gasteiger partial charge in [-0.25, -0.2) is 9.59 Å². The number of carboxylic acid groups (broad SMARTS) is 1. The lowest BCUT2D eigenvalue weighted by molar-refractivity contribution is -0.142. The second-order valence-corrected chi connectivity index (χ2v) is 5.29. The van der Waals surface area contributed by atoms with Gasteiger partial charge in [-0.15, -0.1) is 0 Å². The lowest BCUT2D eigenvalue weighted by atomic mass is 10.0. The van der Waals surface area contributed by atoms with Crippen LogP contribution < -0.4 is 16.4 Å². The van der Waals surface area contributed by atoms with E-state index in [1.807, 2.05) is 13.0 Å². The Bertz CT molecular complexity index is 533. The van der Waals surface area contributed by atoms with Crippen molar-refractivity contribution >= 4 is 17.9 Å². The van der Waals surface area contributed by atoms with Crippen molar-refractivity contribution < 1.29 is 19.5 Å². The molecule has 0 saturated carbocycles. The number of unbranched alkanes of at least 4 members (excludes halogenated alkanes) is 1. The molecular formula is C16H23N3O4. The summed E-state index contributed by atoms with van der Waals surface area (Å²) < 4.78 is 0. The third kappa shape index (κ3) is 6.82. The number of carboxylic acids is 1. The van der Waals surface area contributed by atoms with Crippen LogP contribution >= 0.6 is 0 Å². The normalized spacial score (nSPS) is 12.9. The molecule has 1 aromatic rings. The molecule has 126 valence electrons. The van der Waals surface area contributed by atoms with E-state index < -0.39 is 30.0 Å². The van der Waals surface area contributed by atoms with Crippen LogP contribution in [-0.2, 0) is 16.0 Å². The Morgan fingerprint density at radius 2 is 1.78 bits per heavy atom. The predicted octanol–water partition coefficient (Wildman–Crippen LogP) is 1.03. The zero-order chi connectivity index (χ0) is 17.2. The molecule has 3 amide bonds. The van der Waals surface area contributed by atoms with E-state index in [9.17, 15) is 19.5 Å². The highest BCUT2D eigenvalue weighted by atomic mass is 16.4. The van der Waals surface area contributed by atoms with Crippen LogP contribution in [0.4, 0.5) is 4.79 Å². The molecule has 5 N–H and O–H groups in total. The number of benzene rings is 1. The number of urea groups is 1. The molecule has 2 atom stereocenters. The van der Waals surface area contributed by atoms with E-state index in [1.54, 1.807) is 24.3 Å². The first-order valence-electron chi connectivity index (χ1n) is 7.57. The maximum absolute atomic E-state index is 12.2. The maximum Gasteiger partial charge on any atom is 0.326 e. The van der Waals surface area contributed by atoms with E-state index in [0.29, 0.717) is 6.42 Å². The fraction of sp³-hybridized carbons (Fsp3) is 0.438. The van der Waals surface area contributed by atoms with Gasteiger partial charge >= 0.3 is 12.0 Å². The number of nitrogens with one attached hydrogen (secondary N) is 2. The molecule has 0 aliphatic carbocycles. The summed E-state index contributed by atoms with van der Waals surface area (Å²) in [5, 5.41) is 14.1. The number of rotatable bonds is 9. The lowest BCUT2D eigenvalue weighted by Crippen LogP contribution is -2.53. The molecule has 7 nitrogen and oxygen atoms in total. The molecule has 0 aromatic heterocycles. The summed E-state index contributed by atoms with van der Waals surface area (Å²) in [5.41, 5.74) is 5.87. The van der Waals surface area contributed by atoms with E-state index in [4.69, 9.17) is 5.73 Å². The fourth-order valence-electron chi connectivity index (χ4n) is 2.17. The smallest absolute Gasteiger partial charge is 0.326 e. The number of hydrogen-bond donors (Lipinski definition) is 4. The molecule has 0 saturated heterocycles. The van der Waals surface area contributed by atoms with Crippen LogP contribution in [0.1, 0.15) is 31.7 Å². The second kappa shape index (κ2) is 9.45. The lowest BCUT2D eigenvalue weighted by Gasteiger charge is -2.20.